The Labute approximate surface area is 162 Å². The Morgan fingerprint density at radius 3 is 2.89 bits per heavy atom. The van der Waals surface area contributed by atoms with Crippen molar-refractivity contribution >= 4 is 5.91 Å². The fourth-order valence-electron chi connectivity index (χ4n) is 3.57. The van der Waals surface area contributed by atoms with Crippen LogP contribution in [0.4, 0.5) is 0 Å². The van der Waals surface area contributed by atoms with E-state index in [2.05, 4.69) is 23.9 Å². The van der Waals surface area contributed by atoms with E-state index in [-0.39, 0.29) is 30.2 Å². The molecule has 4 heterocycles. The number of aromatic nitrogens is 4. The molecule has 0 unspecified atom stereocenters. The molecule has 0 fully saturated rings. The average molecular weight is 381 g/mol. The highest BCUT2D eigenvalue weighted by Gasteiger charge is 2.38. The molecule has 3 aromatic rings. The number of amides is 1. The van der Waals surface area contributed by atoms with E-state index in [1.165, 1.54) is 0 Å². The molecule has 3 aromatic heterocycles. The van der Waals surface area contributed by atoms with Gasteiger partial charge in [-0.05, 0) is 30.2 Å². The fourth-order valence-corrected chi connectivity index (χ4v) is 3.57. The minimum absolute atomic E-state index is 0.192. The Kier molecular flexibility index (Phi) is 4.95. The van der Waals surface area contributed by atoms with Gasteiger partial charge in [0.15, 0.2) is 17.4 Å². The first-order valence-electron chi connectivity index (χ1n) is 9.48. The number of rotatable bonds is 5. The van der Waals surface area contributed by atoms with E-state index < -0.39 is 0 Å². The molecule has 28 heavy (non-hydrogen) atoms. The lowest BCUT2D eigenvalue weighted by molar-refractivity contribution is 0.0483. The second-order valence-corrected chi connectivity index (χ2v) is 7.01. The lowest BCUT2D eigenvalue weighted by Crippen LogP contribution is -2.45. The van der Waals surface area contributed by atoms with Crippen molar-refractivity contribution in [1.82, 2.24) is 24.6 Å². The van der Waals surface area contributed by atoms with Gasteiger partial charge in [0.2, 0.25) is 0 Å². The van der Waals surface area contributed by atoms with Crippen LogP contribution >= 0.6 is 0 Å². The van der Waals surface area contributed by atoms with E-state index >= 15 is 0 Å². The summed E-state index contributed by atoms with van der Waals surface area (Å²) >= 11 is 0. The standard InChI is InChI=1S/C20H23N5O3/c1-3-13(2)17-19-22-18(14-5-4-8-21-11-14)23-25(19)10-9-24(17)20(27)16-7-6-15(12-26)28-16/h4-8,11,13,17,26H,3,9-10,12H2,1-2H3/t13-,17-/m0/s1. The highest BCUT2D eigenvalue weighted by Crippen LogP contribution is 2.35. The first kappa shape index (κ1) is 18.4. The first-order chi connectivity index (χ1) is 13.6. The van der Waals surface area contributed by atoms with Crippen molar-refractivity contribution < 1.29 is 14.3 Å². The number of pyridine rings is 1. The zero-order valence-electron chi connectivity index (χ0n) is 15.9. The quantitative estimate of drug-likeness (QED) is 0.730. The van der Waals surface area contributed by atoms with E-state index in [0.29, 0.717) is 24.7 Å². The largest absolute Gasteiger partial charge is 0.453 e. The van der Waals surface area contributed by atoms with Crippen LogP contribution in [-0.2, 0) is 13.2 Å². The van der Waals surface area contributed by atoms with Crippen molar-refractivity contribution in [3.05, 3.63) is 54.0 Å². The van der Waals surface area contributed by atoms with E-state index in [1.807, 2.05) is 21.7 Å². The van der Waals surface area contributed by atoms with Crippen LogP contribution in [-0.4, -0.2) is 42.2 Å². The number of carbonyl (C=O) groups excluding carboxylic acids is 1. The molecule has 0 aromatic carbocycles. The molecule has 0 aliphatic carbocycles. The molecular weight excluding hydrogens is 358 g/mol. The Bertz CT molecular complexity index is 965. The molecule has 1 N–H and O–H groups in total. The van der Waals surface area contributed by atoms with Crippen LogP contribution in [0.3, 0.4) is 0 Å². The van der Waals surface area contributed by atoms with Crippen molar-refractivity contribution in [2.45, 2.75) is 39.5 Å². The molecule has 1 amide bonds. The third-order valence-electron chi connectivity index (χ3n) is 5.25. The predicted molar refractivity (Wildman–Crippen MR) is 101 cm³/mol. The summed E-state index contributed by atoms with van der Waals surface area (Å²) in [6, 6.07) is 6.81. The molecule has 2 atom stereocenters. The number of aliphatic hydroxyl groups is 1. The summed E-state index contributed by atoms with van der Waals surface area (Å²) in [6.07, 6.45) is 4.34. The van der Waals surface area contributed by atoms with Gasteiger partial charge in [0.1, 0.15) is 12.4 Å². The highest BCUT2D eigenvalue weighted by atomic mass is 16.4. The van der Waals surface area contributed by atoms with Crippen LogP contribution in [0.15, 0.2) is 41.1 Å². The number of hydrogen-bond donors (Lipinski definition) is 1. The Balaban J connectivity index is 1.71. The second-order valence-electron chi connectivity index (χ2n) is 7.01. The summed E-state index contributed by atoms with van der Waals surface area (Å²) in [5, 5.41) is 13.9. The molecule has 4 rings (SSSR count). The molecule has 0 radical (unpaired) electrons. The SMILES string of the molecule is CC[C@H](C)[C@H]1c2nc(-c3cccnc3)nn2CCN1C(=O)c1ccc(CO)o1. The van der Waals surface area contributed by atoms with Crippen molar-refractivity contribution in [2.24, 2.45) is 5.92 Å². The molecule has 8 heteroatoms. The monoisotopic (exact) mass is 381 g/mol. The second kappa shape index (κ2) is 7.55. The van der Waals surface area contributed by atoms with E-state index in [9.17, 15) is 9.90 Å². The summed E-state index contributed by atoms with van der Waals surface area (Å²) in [5.74, 6) is 2.01. The molecule has 1 aliphatic rings. The Morgan fingerprint density at radius 2 is 2.21 bits per heavy atom. The number of hydrogen-bond acceptors (Lipinski definition) is 6. The fraction of sp³-hybridized carbons (Fsp3) is 0.400. The smallest absolute Gasteiger partial charge is 0.290 e. The summed E-state index contributed by atoms with van der Waals surface area (Å²) in [6.45, 7) is 5.06. The molecule has 8 nitrogen and oxygen atoms in total. The summed E-state index contributed by atoms with van der Waals surface area (Å²) in [5.41, 5.74) is 0.851. The highest BCUT2D eigenvalue weighted by molar-refractivity contribution is 5.92. The third kappa shape index (κ3) is 3.20. The lowest BCUT2D eigenvalue weighted by Gasteiger charge is -2.37. The topological polar surface area (TPSA) is 97.3 Å². The maximum absolute atomic E-state index is 13.1. The molecule has 0 saturated heterocycles. The van der Waals surface area contributed by atoms with Crippen LogP contribution in [0.5, 0.6) is 0 Å². The molecule has 146 valence electrons. The van der Waals surface area contributed by atoms with Crippen molar-refractivity contribution in [1.29, 1.82) is 0 Å². The molecular formula is C20H23N5O3. The summed E-state index contributed by atoms with van der Waals surface area (Å²) in [4.78, 5) is 23.9. The zero-order valence-corrected chi connectivity index (χ0v) is 15.9. The number of aliphatic hydroxyl groups excluding tert-OH is 1. The third-order valence-corrected chi connectivity index (χ3v) is 5.25. The normalized spacial score (nSPS) is 17.4. The molecule has 0 saturated carbocycles. The van der Waals surface area contributed by atoms with Crippen LogP contribution in [0.1, 0.15) is 48.4 Å². The molecule has 0 spiro atoms. The van der Waals surface area contributed by atoms with Gasteiger partial charge in [-0.25, -0.2) is 9.67 Å². The van der Waals surface area contributed by atoms with Crippen LogP contribution < -0.4 is 0 Å². The van der Waals surface area contributed by atoms with Gasteiger partial charge in [-0.15, -0.1) is 0 Å². The van der Waals surface area contributed by atoms with Gasteiger partial charge in [0.05, 0.1) is 12.6 Å². The van der Waals surface area contributed by atoms with Gasteiger partial charge in [-0.2, -0.15) is 5.10 Å². The van der Waals surface area contributed by atoms with E-state index in [1.54, 1.807) is 24.5 Å². The van der Waals surface area contributed by atoms with Gasteiger partial charge in [0, 0.05) is 24.5 Å². The van der Waals surface area contributed by atoms with Gasteiger partial charge in [-0.1, -0.05) is 20.3 Å². The minimum atomic E-state index is -0.231. The van der Waals surface area contributed by atoms with E-state index in [4.69, 9.17) is 9.40 Å². The first-order valence-corrected chi connectivity index (χ1v) is 9.48. The van der Waals surface area contributed by atoms with Crippen LogP contribution in [0.2, 0.25) is 0 Å². The number of carbonyl (C=O) groups is 1. The number of fused-ring (bicyclic) bond motifs is 1. The Hall–Kier alpha value is -3.00. The van der Waals surface area contributed by atoms with Gasteiger partial charge >= 0.3 is 0 Å². The van der Waals surface area contributed by atoms with E-state index in [0.717, 1.165) is 17.8 Å². The zero-order chi connectivity index (χ0) is 19.7. The molecule has 1 aliphatic heterocycles. The van der Waals surface area contributed by atoms with Crippen LogP contribution in [0.25, 0.3) is 11.4 Å². The maximum atomic E-state index is 13.1. The average Bonchev–Trinajstić information content (AvgIpc) is 3.39. The maximum Gasteiger partial charge on any atom is 0.290 e. The summed E-state index contributed by atoms with van der Waals surface area (Å²) < 4.78 is 7.37. The van der Waals surface area contributed by atoms with Gasteiger partial charge < -0.3 is 14.4 Å². The van der Waals surface area contributed by atoms with Crippen molar-refractivity contribution in [3.8, 4) is 11.4 Å². The predicted octanol–water partition coefficient (Wildman–Crippen LogP) is 2.67. The van der Waals surface area contributed by atoms with Gasteiger partial charge in [-0.3, -0.25) is 9.78 Å². The number of nitrogens with zero attached hydrogens (tertiary/aromatic N) is 5. The Morgan fingerprint density at radius 1 is 1.36 bits per heavy atom. The van der Waals surface area contributed by atoms with Crippen LogP contribution in [0, 0.1) is 5.92 Å². The van der Waals surface area contributed by atoms with Crippen molar-refractivity contribution in [2.75, 3.05) is 6.54 Å². The molecule has 0 bridgehead atoms. The summed E-state index contributed by atoms with van der Waals surface area (Å²) in [7, 11) is 0. The minimum Gasteiger partial charge on any atom is -0.453 e. The van der Waals surface area contributed by atoms with Gasteiger partial charge in [0.25, 0.3) is 5.91 Å². The lowest BCUT2D eigenvalue weighted by atomic mass is 9.95. The van der Waals surface area contributed by atoms with Crippen molar-refractivity contribution in [3.63, 3.8) is 0 Å². The number of furan rings is 1.